The molecule has 0 aliphatic heterocycles. The molecule has 1 unspecified atom stereocenters. The second-order valence-electron chi connectivity index (χ2n) is 6.72. The van der Waals surface area contributed by atoms with Crippen LogP contribution < -0.4 is 9.64 Å². The lowest BCUT2D eigenvalue weighted by Gasteiger charge is -2.26. The molecule has 0 saturated carbocycles. The van der Waals surface area contributed by atoms with Crippen molar-refractivity contribution in [3.8, 4) is 5.75 Å². The van der Waals surface area contributed by atoms with Crippen LogP contribution in [0.4, 0.5) is 5.13 Å². The molecule has 1 atom stereocenters. The fourth-order valence-electron chi connectivity index (χ4n) is 3.38. The lowest BCUT2D eigenvalue weighted by Crippen LogP contribution is -2.36. The number of methoxy groups -OCH3 is 1. The molecule has 0 fully saturated rings. The van der Waals surface area contributed by atoms with Gasteiger partial charge in [-0.15, -0.1) is 0 Å². The number of fused-ring (bicyclic) bond motifs is 1. The summed E-state index contributed by atoms with van der Waals surface area (Å²) in [4.78, 5) is 19.9. The molecule has 1 aliphatic rings. The topological polar surface area (TPSA) is 42.4 Å². The summed E-state index contributed by atoms with van der Waals surface area (Å²) in [5.41, 5.74) is 2.00. The van der Waals surface area contributed by atoms with Crippen molar-refractivity contribution >= 4 is 32.6 Å². The van der Waals surface area contributed by atoms with Gasteiger partial charge in [0.2, 0.25) is 5.91 Å². The molecule has 4 nitrogen and oxygen atoms in total. The second kappa shape index (κ2) is 7.92. The summed E-state index contributed by atoms with van der Waals surface area (Å²) in [6, 6.07) is 15.9. The van der Waals surface area contributed by atoms with Crippen molar-refractivity contribution in [3.05, 3.63) is 66.2 Å². The first-order valence-corrected chi connectivity index (χ1v) is 10.0. The monoisotopic (exact) mass is 378 g/mol. The van der Waals surface area contributed by atoms with Gasteiger partial charge in [0.05, 0.1) is 23.9 Å². The molecular formula is C22H22N2O2S. The number of amides is 1. The molecule has 4 rings (SSSR count). The molecule has 0 spiro atoms. The molecule has 27 heavy (non-hydrogen) atoms. The zero-order valence-corrected chi connectivity index (χ0v) is 16.1. The van der Waals surface area contributed by atoms with E-state index in [2.05, 4.69) is 24.3 Å². The summed E-state index contributed by atoms with van der Waals surface area (Å²) in [7, 11) is 1.66. The summed E-state index contributed by atoms with van der Waals surface area (Å²) in [5, 5.41) is 0.752. The Hall–Kier alpha value is -2.66. The van der Waals surface area contributed by atoms with Crippen LogP contribution in [0.5, 0.6) is 5.75 Å². The SMILES string of the molecule is COc1ccc2nc(N(Cc3ccccc3)C(=O)C3CC=CCC3)sc2c1. The molecule has 0 radical (unpaired) electrons. The minimum atomic E-state index is 0.0280. The zero-order chi connectivity index (χ0) is 18.6. The summed E-state index contributed by atoms with van der Waals surface area (Å²) < 4.78 is 6.35. The summed E-state index contributed by atoms with van der Waals surface area (Å²) in [6.07, 6.45) is 6.96. The number of anilines is 1. The zero-order valence-electron chi connectivity index (χ0n) is 15.3. The molecule has 5 heteroatoms. The minimum Gasteiger partial charge on any atom is -0.497 e. The number of thiazole rings is 1. The maximum Gasteiger partial charge on any atom is 0.232 e. The Bertz CT molecular complexity index is 965. The number of hydrogen-bond donors (Lipinski definition) is 0. The van der Waals surface area contributed by atoms with Gasteiger partial charge < -0.3 is 4.74 Å². The molecule has 1 aromatic heterocycles. The number of benzene rings is 2. The Morgan fingerprint density at radius 3 is 2.81 bits per heavy atom. The van der Waals surface area contributed by atoms with E-state index in [-0.39, 0.29) is 11.8 Å². The third-order valence-corrected chi connectivity index (χ3v) is 5.92. The van der Waals surface area contributed by atoms with Crippen LogP contribution >= 0.6 is 11.3 Å². The van der Waals surface area contributed by atoms with Crippen LogP contribution in [-0.2, 0) is 11.3 Å². The lowest BCUT2D eigenvalue weighted by molar-refractivity contribution is -0.122. The lowest BCUT2D eigenvalue weighted by atomic mass is 9.93. The average Bonchev–Trinajstić information content (AvgIpc) is 3.15. The van der Waals surface area contributed by atoms with Gasteiger partial charge in [0.25, 0.3) is 0 Å². The van der Waals surface area contributed by atoms with Gasteiger partial charge in [0.1, 0.15) is 5.75 Å². The minimum absolute atomic E-state index is 0.0280. The van der Waals surface area contributed by atoms with Gasteiger partial charge in [-0.2, -0.15) is 0 Å². The van der Waals surface area contributed by atoms with Crippen molar-refractivity contribution in [3.63, 3.8) is 0 Å². The van der Waals surface area contributed by atoms with Crippen molar-refractivity contribution < 1.29 is 9.53 Å². The van der Waals surface area contributed by atoms with Crippen molar-refractivity contribution in [2.75, 3.05) is 12.0 Å². The number of rotatable bonds is 5. The first kappa shape index (κ1) is 17.7. The Morgan fingerprint density at radius 2 is 2.07 bits per heavy atom. The third kappa shape index (κ3) is 3.88. The van der Waals surface area contributed by atoms with E-state index in [0.717, 1.165) is 45.9 Å². The average molecular weight is 378 g/mol. The van der Waals surface area contributed by atoms with Crippen LogP contribution in [0.2, 0.25) is 0 Å². The molecule has 138 valence electrons. The quantitative estimate of drug-likeness (QED) is 0.574. The van der Waals surface area contributed by atoms with E-state index in [4.69, 9.17) is 9.72 Å². The Morgan fingerprint density at radius 1 is 1.22 bits per heavy atom. The number of allylic oxidation sites excluding steroid dienone is 2. The maximum absolute atomic E-state index is 13.3. The summed E-state index contributed by atoms with van der Waals surface area (Å²) in [5.74, 6) is 0.991. The molecule has 0 N–H and O–H groups in total. The maximum atomic E-state index is 13.3. The van der Waals surface area contributed by atoms with Crippen LogP contribution in [0, 0.1) is 5.92 Å². The predicted octanol–water partition coefficient (Wildman–Crippen LogP) is 5.19. The number of aromatic nitrogens is 1. The van der Waals surface area contributed by atoms with E-state index >= 15 is 0 Å². The highest BCUT2D eigenvalue weighted by atomic mass is 32.1. The van der Waals surface area contributed by atoms with Gasteiger partial charge in [0, 0.05) is 5.92 Å². The first-order valence-electron chi connectivity index (χ1n) is 9.19. The van der Waals surface area contributed by atoms with Gasteiger partial charge in [-0.1, -0.05) is 53.8 Å². The third-order valence-electron chi connectivity index (χ3n) is 4.88. The number of nitrogens with zero attached hydrogens (tertiary/aromatic N) is 2. The summed E-state index contributed by atoms with van der Waals surface area (Å²) in [6.45, 7) is 0.539. The molecule has 1 heterocycles. The van der Waals surface area contributed by atoms with Gasteiger partial charge >= 0.3 is 0 Å². The van der Waals surface area contributed by atoms with E-state index in [9.17, 15) is 4.79 Å². The number of carbonyl (C=O) groups is 1. The highest BCUT2D eigenvalue weighted by Crippen LogP contribution is 2.34. The van der Waals surface area contributed by atoms with E-state index in [0.29, 0.717) is 6.54 Å². The number of carbonyl (C=O) groups excluding carboxylic acids is 1. The smallest absolute Gasteiger partial charge is 0.232 e. The van der Waals surface area contributed by atoms with Crippen LogP contribution in [0.3, 0.4) is 0 Å². The van der Waals surface area contributed by atoms with Crippen molar-refractivity contribution in [1.82, 2.24) is 4.98 Å². The van der Waals surface area contributed by atoms with Gasteiger partial charge in [-0.05, 0) is 43.0 Å². The van der Waals surface area contributed by atoms with Crippen LogP contribution in [0.1, 0.15) is 24.8 Å². The van der Waals surface area contributed by atoms with Crippen LogP contribution in [0.15, 0.2) is 60.7 Å². The second-order valence-corrected chi connectivity index (χ2v) is 7.73. The van der Waals surface area contributed by atoms with Gasteiger partial charge in [-0.3, -0.25) is 9.69 Å². The first-order chi connectivity index (χ1) is 13.2. The van der Waals surface area contributed by atoms with Crippen molar-refractivity contribution in [1.29, 1.82) is 0 Å². The van der Waals surface area contributed by atoms with E-state index in [1.54, 1.807) is 18.4 Å². The number of hydrogen-bond acceptors (Lipinski definition) is 4. The van der Waals surface area contributed by atoms with Crippen LogP contribution in [-0.4, -0.2) is 18.0 Å². The summed E-state index contributed by atoms with van der Waals surface area (Å²) >= 11 is 1.54. The van der Waals surface area contributed by atoms with E-state index in [1.165, 1.54) is 0 Å². The molecule has 0 saturated heterocycles. The molecule has 1 amide bonds. The normalized spacial score (nSPS) is 16.4. The van der Waals surface area contributed by atoms with E-state index in [1.807, 2.05) is 41.3 Å². The fraction of sp³-hybridized carbons (Fsp3) is 0.273. The highest BCUT2D eigenvalue weighted by Gasteiger charge is 2.27. The van der Waals surface area contributed by atoms with Crippen molar-refractivity contribution in [2.24, 2.45) is 5.92 Å². The predicted molar refractivity (Wildman–Crippen MR) is 110 cm³/mol. The van der Waals surface area contributed by atoms with Gasteiger partial charge in [0.15, 0.2) is 5.13 Å². The van der Waals surface area contributed by atoms with Gasteiger partial charge in [-0.25, -0.2) is 4.98 Å². The van der Waals surface area contributed by atoms with E-state index < -0.39 is 0 Å². The standard InChI is InChI=1S/C22H22N2O2S/c1-26-18-12-13-19-20(14-18)27-22(23-19)24(15-16-8-4-2-5-9-16)21(25)17-10-6-3-7-11-17/h2-6,8-9,12-14,17H,7,10-11,15H2,1H3. The van der Waals surface area contributed by atoms with Crippen LogP contribution in [0.25, 0.3) is 10.2 Å². The number of ether oxygens (including phenoxy) is 1. The fourth-order valence-corrected chi connectivity index (χ4v) is 4.38. The Kier molecular flexibility index (Phi) is 5.21. The molecule has 0 bridgehead atoms. The largest absolute Gasteiger partial charge is 0.497 e. The Labute approximate surface area is 163 Å². The molecule has 1 aliphatic carbocycles. The molecular weight excluding hydrogens is 356 g/mol. The van der Waals surface area contributed by atoms with Crippen molar-refractivity contribution in [2.45, 2.75) is 25.8 Å². The molecule has 2 aromatic carbocycles. The molecule has 3 aromatic rings. The highest BCUT2D eigenvalue weighted by molar-refractivity contribution is 7.22. The Balaban J connectivity index is 1.70.